The maximum atomic E-state index is 4.56. The first kappa shape index (κ1) is 14.5. The Labute approximate surface area is 131 Å². The SMILES string of the molecule is CCc1ccc(-c2nccnc2-c2ccc(CC)cc2)cc1. The predicted octanol–water partition coefficient (Wildman–Crippen LogP) is 4.94. The third kappa shape index (κ3) is 2.91. The van der Waals surface area contributed by atoms with Gasteiger partial charge in [-0.15, -0.1) is 0 Å². The molecule has 0 unspecified atom stereocenters. The van der Waals surface area contributed by atoms with Crippen molar-refractivity contribution in [1.29, 1.82) is 0 Å². The van der Waals surface area contributed by atoms with Gasteiger partial charge in [0.2, 0.25) is 0 Å². The molecule has 1 heterocycles. The van der Waals surface area contributed by atoms with Crippen molar-refractivity contribution in [2.75, 3.05) is 0 Å². The van der Waals surface area contributed by atoms with Crippen LogP contribution in [-0.2, 0) is 12.8 Å². The summed E-state index contributed by atoms with van der Waals surface area (Å²) in [5.74, 6) is 0. The Kier molecular flexibility index (Phi) is 4.29. The van der Waals surface area contributed by atoms with Crippen LogP contribution >= 0.6 is 0 Å². The first-order valence-electron chi connectivity index (χ1n) is 7.81. The van der Waals surface area contributed by atoms with Crippen molar-refractivity contribution in [3.05, 3.63) is 72.1 Å². The van der Waals surface area contributed by atoms with Gasteiger partial charge in [-0.05, 0) is 24.0 Å². The third-order valence-electron chi connectivity index (χ3n) is 3.97. The third-order valence-corrected chi connectivity index (χ3v) is 3.97. The molecule has 0 radical (unpaired) electrons. The Morgan fingerprint density at radius 1 is 0.591 bits per heavy atom. The topological polar surface area (TPSA) is 25.8 Å². The van der Waals surface area contributed by atoms with Crippen LogP contribution in [0.25, 0.3) is 22.5 Å². The first-order valence-corrected chi connectivity index (χ1v) is 7.81. The van der Waals surface area contributed by atoms with E-state index in [1.807, 2.05) is 0 Å². The van der Waals surface area contributed by atoms with Crippen molar-refractivity contribution in [2.45, 2.75) is 26.7 Å². The number of aromatic nitrogens is 2. The van der Waals surface area contributed by atoms with E-state index in [0.29, 0.717) is 0 Å². The summed E-state index contributed by atoms with van der Waals surface area (Å²) in [6.07, 6.45) is 5.61. The normalized spacial score (nSPS) is 10.6. The van der Waals surface area contributed by atoms with Crippen molar-refractivity contribution >= 4 is 0 Å². The molecular weight excluding hydrogens is 268 g/mol. The van der Waals surface area contributed by atoms with Crippen LogP contribution in [0.4, 0.5) is 0 Å². The molecule has 3 aromatic rings. The zero-order chi connectivity index (χ0) is 15.4. The molecule has 2 nitrogen and oxygen atoms in total. The van der Waals surface area contributed by atoms with Crippen molar-refractivity contribution in [3.63, 3.8) is 0 Å². The summed E-state index contributed by atoms with van der Waals surface area (Å²) in [6.45, 7) is 4.33. The van der Waals surface area contributed by atoms with Gasteiger partial charge in [0.15, 0.2) is 0 Å². The van der Waals surface area contributed by atoms with Gasteiger partial charge in [-0.2, -0.15) is 0 Å². The van der Waals surface area contributed by atoms with Crippen molar-refractivity contribution in [2.24, 2.45) is 0 Å². The van der Waals surface area contributed by atoms with Crippen LogP contribution in [0.5, 0.6) is 0 Å². The zero-order valence-electron chi connectivity index (χ0n) is 13.1. The highest BCUT2D eigenvalue weighted by molar-refractivity contribution is 5.77. The molecule has 0 saturated carbocycles. The van der Waals surface area contributed by atoms with Crippen LogP contribution in [-0.4, -0.2) is 9.97 Å². The van der Waals surface area contributed by atoms with Crippen molar-refractivity contribution < 1.29 is 0 Å². The van der Waals surface area contributed by atoms with Crippen molar-refractivity contribution in [3.8, 4) is 22.5 Å². The lowest BCUT2D eigenvalue weighted by Gasteiger charge is -2.09. The summed E-state index contributed by atoms with van der Waals surface area (Å²) >= 11 is 0. The average molecular weight is 288 g/mol. The van der Waals surface area contributed by atoms with Crippen LogP contribution in [0, 0.1) is 0 Å². The number of benzene rings is 2. The fraction of sp³-hybridized carbons (Fsp3) is 0.200. The van der Waals surface area contributed by atoms with E-state index in [1.165, 1.54) is 11.1 Å². The van der Waals surface area contributed by atoms with Gasteiger partial charge >= 0.3 is 0 Å². The minimum Gasteiger partial charge on any atom is -0.252 e. The Balaban J connectivity index is 2.04. The predicted molar refractivity (Wildman–Crippen MR) is 91.7 cm³/mol. The molecule has 0 spiro atoms. The molecule has 0 aliphatic carbocycles. The van der Waals surface area contributed by atoms with Crippen LogP contribution in [0.2, 0.25) is 0 Å². The minimum atomic E-state index is 0.939. The standard InChI is InChI=1S/C20H20N2/c1-3-15-5-9-17(10-6-15)19-20(22-14-13-21-19)18-11-7-16(4-2)8-12-18/h5-14H,3-4H2,1-2H3. The Hall–Kier alpha value is -2.48. The van der Waals surface area contributed by atoms with E-state index in [9.17, 15) is 0 Å². The van der Waals surface area contributed by atoms with E-state index in [1.54, 1.807) is 12.4 Å². The van der Waals surface area contributed by atoms with E-state index >= 15 is 0 Å². The highest BCUT2D eigenvalue weighted by atomic mass is 14.8. The second-order valence-corrected chi connectivity index (χ2v) is 5.35. The largest absolute Gasteiger partial charge is 0.252 e. The summed E-state index contributed by atoms with van der Waals surface area (Å²) in [7, 11) is 0. The molecule has 3 rings (SSSR count). The molecule has 0 bridgehead atoms. The lowest BCUT2D eigenvalue weighted by atomic mass is 10.0. The minimum absolute atomic E-state index is 0.939. The summed E-state index contributed by atoms with van der Waals surface area (Å²) in [5, 5.41) is 0. The fourth-order valence-electron chi connectivity index (χ4n) is 2.56. The number of aryl methyl sites for hydroxylation is 2. The Bertz CT molecular complexity index is 677. The highest BCUT2D eigenvalue weighted by Gasteiger charge is 2.10. The van der Waals surface area contributed by atoms with Crippen LogP contribution < -0.4 is 0 Å². The molecule has 0 aliphatic heterocycles. The molecule has 2 aromatic carbocycles. The first-order chi connectivity index (χ1) is 10.8. The Morgan fingerprint density at radius 3 is 1.27 bits per heavy atom. The molecule has 0 amide bonds. The van der Waals surface area contributed by atoms with Gasteiger partial charge in [0.25, 0.3) is 0 Å². The molecule has 0 aliphatic rings. The van der Waals surface area contributed by atoms with Gasteiger partial charge in [0, 0.05) is 23.5 Å². The molecule has 0 fully saturated rings. The van der Waals surface area contributed by atoms with Gasteiger partial charge in [0.05, 0.1) is 11.4 Å². The average Bonchev–Trinajstić information content (AvgIpc) is 2.62. The number of hydrogen-bond acceptors (Lipinski definition) is 2. The van der Waals surface area contributed by atoms with E-state index in [0.717, 1.165) is 35.4 Å². The van der Waals surface area contributed by atoms with Crippen LogP contribution in [0.1, 0.15) is 25.0 Å². The maximum absolute atomic E-state index is 4.56. The summed E-state index contributed by atoms with van der Waals surface area (Å²) in [6, 6.07) is 17.2. The lowest BCUT2D eigenvalue weighted by molar-refractivity contribution is 1.13. The summed E-state index contributed by atoms with van der Waals surface area (Å²) in [4.78, 5) is 9.12. The van der Waals surface area contributed by atoms with Gasteiger partial charge in [-0.3, -0.25) is 9.97 Å². The Morgan fingerprint density at radius 2 is 0.955 bits per heavy atom. The lowest BCUT2D eigenvalue weighted by Crippen LogP contribution is -1.93. The quantitative estimate of drug-likeness (QED) is 0.680. The molecule has 22 heavy (non-hydrogen) atoms. The molecule has 110 valence electrons. The number of rotatable bonds is 4. The molecular formula is C20H20N2. The van der Waals surface area contributed by atoms with Crippen LogP contribution in [0.3, 0.4) is 0 Å². The number of nitrogens with zero attached hydrogens (tertiary/aromatic N) is 2. The van der Waals surface area contributed by atoms with E-state index in [-0.39, 0.29) is 0 Å². The van der Waals surface area contributed by atoms with Gasteiger partial charge in [-0.1, -0.05) is 62.4 Å². The monoisotopic (exact) mass is 288 g/mol. The van der Waals surface area contributed by atoms with Gasteiger partial charge in [-0.25, -0.2) is 0 Å². The molecule has 0 atom stereocenters. The fourth-order valence-corrected chi connectivity index (χ4v) is 2.56. The molecule has 0 saturated heterocycles. The van der Waals surface area contributed by atoms with Gasteiger partial charge < -0.3 is 0 Å². The van der Waals surface area contributed by atoms with E-state index < -0.39 is 0 Å². The maximum Gasteiger partial charge on any atom is 0.0965 e. The van der Waals surface area contributed by atoms with E-state index in [2.05, 4.69) is 72.3 Å². The summed E-state index contributed by atoms with van der Waals surface area (Å²) < 4.78 is 0. The zero-order valence-corrected chi connectivity index (χ0v) is 13.1. The summed E-state index contributed by atoms with van der Waals surface area (Å²) in [5.41, 5.74) is 6.77. The highest BCUT2D eigenvalue weighted by Crippen LogP contribution is 2.28. The smallest absolute Gasteiger partial charge is 0.0965 e. The van der Waals surface area contributed by atoms with Gasteiger partial charge in [0.1, 0.15) is 0 Å². The number of hydrogen-bond donors (Lipinski definition) is 0. The molecule has 1 aromatic heterocycles. The van der Waals surface area contributed by atoms with Crippen molar-refractivity contribution in [1.82, 2.24) is 9.97 Å². The van der Waals surface area contributed by atoms with E-state index in [4.69, 9.17) is 0 Å². The second kappa shape index (κ2) is 6.52. The molecule has 0 N–H and O–H groups in total. The molecule has 2 heteroatoms. The van der Waals surface area contributed by atoms with Crippen LogP contribution in [0.15, 0.2) is 60.9 Å². The second-order valence-electron chi connectivity index (χ2n) is 5.35.